The summed E-state index contributed by atoms with van der Waals surface area (Å²) in [6, 6.07) is 4.95. The SMILES string of the molecule is CCNC(C)c1ccc(F)cc1OC(CC)CC. The third-order valence-electron chi connectivity index (χ3n) is 3.16. The lowest BCUT2D eigenvalue weighted by atomic mass is 10.1. The van der Waals surface area contributed by atoms with Gasteiger partial charge in [0, 0.05) is 17.7 Å². The summed E-state index contributed by atoms with van der Waals surface area (Å²) in [5.74, 6) is 0.417. The molecule has 1 atom stereocenters. The zero-order valence-electron chi connectivity index (χ0n) is 11.8. The van der Waals surface area contributed by atoms with E-state index in [-0.39, 0.29) is 18.0 Å². The molecule has 0 radical (unpaired) electrons. The number of rotatable bonds is 7. The highest BCUT2D eigenvalue weighted by molar-refractivity contribution is 5.36. The van der Waals surface area contributed by atoms with E-state index in [9.17, 15) is 4.39 Å². The van der Waals surface area contributed by atoms with E-state index in [1.807, 2.05) is 0 Å². The first kappa shape index (κ1) is 15.0. The monoisotopic (exact) mass is 253 g/mol. The molecule has 0 saturated carbocycles. The van der Waals surface area contributed by atoms with E-state index in [1.165, 1.54) is 12.1 Å². The zero-order valence-corrected chi connectivity index (χ0v) is 11.8. The third-order valence-corrected chi connectivity index (χ3v) is 3.16. The fraction of sp³-hybridized carbons (Fsp3) is 0.600. The molecule has 1 aromatic carbocycles. The smallest absolute Gasteiger partial charge is 0.127 e. The van der Waals surface area contributed by atoms with Gasteiger partial charge in [0.15, 0.2) is 0 Å². The van der Waals surface area contributed by atoms with Crippen molar-refractivity contribution in [3.05, 3.63) is 29.6 Å². The van der Waals surface area contributed by atoms with Gasteiger partial charge in [-0.2, -0.15) is 0 Å². The van der Waals surface area contributed by atoms with Gasteiger partial charge in [0.1, 0.15) is 11.6 Å². The van der Waals surface area contributed by atoms with Gasteiger partial charge in [-0.1, -0.05) is 26.8 Å². The molecule has 0 fully saturated rings. The van der Waals surface area contributed by atoms with E-state index < -0.39 is 0 Å². The Labute approximate surface area is 110 Å². The summed E-state index contributed by atoms with van der Waals surface area (Å²) in [5, 5.41) is 3.33. The Kier molecular flexibility index (Phi) is 6.13. The van der Waals surface area contributed by atoms with E-state index >= 15 is 0 Å². The van der Waals surface area contributed by atoms with Crippen LogP contribution in [0.3, 0.4) is 0 Å². The van der Waals surface area contributed by atoms with Gasteiger partial charge in [0.2, 0.25) is 0 Å². The summed E-state index contributed by atoms with van der Waals surface area (Å²) >= 11 is 0. The first-order valence-corrected chi connectivity index (χ1v) is 6.81. The highest BCUT2D eigenvalue weighted by Gasteiger charge is 2.14. The Hall–Kier alpha value is -1.09. The van der Waals surface area contributed by atoms with E-state index in [4.69, 9.17) is 4.74 Å². The Morgan fingerprint density at radius 3 is 2.44 bits per heavy atom. The van der Waals surface area contributed by atoms with Gasteiger partial charge in [-0.25, -0.2) is 4.39 Å². The van der Waals surface area contributed by atoms with Crippen molar-refractivity contribution < 1.29 is 9.13 Å². The molecule has 0 aliphatic rings. The molecule has 1 N–H and O–H groups in total. The molecular formula is C15H24FNO. The van der Waals surface area contributed by atoms with Gasteiger partial charge in [0.05, 0.1) is 6.10 Å². The summed E-state index contributed by atoms with van der Waals surface area (Å²) in [5.41, 5.74) is 1.02. The van der Waals surface area contributed by atoms with Gasteiger partial charge in [-0.15, -0.1) is 0 Å². The van der Waals surface area contributed by atoms with Crippen molar-refractivity contribution in [2.45, 2.75) is 52.7 Å². The Morgan fingerprint density at radius 2 is 1.89 bits per heavy atom. The molecule has 0 saturated heterocycles. The summed E-state index contributed by atoms with van der Waals surface area (Å²) in [4.78, 5) is 0. The number of hydrogen-bond acceptors (Lipinski definition) is 2. The molecule has 0 spiro atoms. The molecule has 0 bridgehead atoms. The van der Waals surface area contributed by atoms with Crippen LogP contribution in [0.4, 0.5) is 4.39 Å². The quantitative estimate of drug-likeness (QED) is 0.791. The van der Waals surface area contributed by atoms with Crippen LogP contribution in [-0.2, 0) is 0 Å². The molecule has 18 heavy (non-hydrogen) atoms. The fourth-order valence-electron chi connectivity index (χ4n) is 2.02. The normalized spacial score (nSPS) is 12.8. The largest absolute Gasteiger partial charge is 0.490 e. The van der Waals surface area contributed by atoms with Crippen molar-refractivity contribution in [2.24, 2.45) is 0 Å². The Morgan fingerprint density at radius 1 is 1.22 bits per heavy atom. The molecule has 0 aromatic heterocycles. The molecule has 0 heterocycles. The number of hydrogen-bond donors (Lipinski definition) is 1. The second-order valence-corrected chi connectivity index (χ2v) is 4.52. The van der Waals surface area contributed by atoms with Crippen LogP contribution in [0.2, 0.25) is 0 Å². The maximum absolute atomic E-state index is 13.4. The highest BCUT2D eigenvalue weighted by Crippen LogP contribution is 2.27. The van der Waals surface area contributed by atoms with Crippen LogP contribution < -0.4 is 10.1 Å². The molecule has 0 aliphatic heterocycles. The first-order chi connectivity index (χ1) is 8.62. The van der Waals surface area contributed by atoms with Crippen LogP contribution in [0.1, 0.15) is 52.1 Å². The van der Waals surface area contributed by atoms with Crippen LogP contribution in [0.5, 0.6) is 5.75 Å². The van der Waals surface area contributed by atoms with Crippen LogP contribution in [0.15, 0.2) is 18.2 Å². The van der Waals surface area contributed by atoms with Crippen LogP contribution in [0.25, 0.3) is 0 Å². The van der Waals surface area contributed by atoms with E-state index in [2.05, 4.69) is 33.0 Å². The lowest BCUT2D eigenvalue weighted by Crippen LogP contribution is -2.21. The Bertz CT molecular complexity index is 364. The second-order valence-electron chi connectivity index (χ2n) is 4.52. The number of ether oxygens (including phenoxy) is 1. The summed E-state index contributed by atoms with van der Waals surface area (Å²) in [6.45, 7) is 9.17. The average molecular weight is 253 g/mol. The van der Waals surface area contributed by atoms with E-state index in [0.717, 1.165) is 24.9 Å². The molecule has 0 amide bonds. The van der Waals surface area contributed by atoms with E-state index in [1.54, 1.807) is 6.07 Å². The molecule has 1 rings (SSSR count). The summed E-state index contributed by atoms with van der Waals surface area (Å²) in [6.07, 6.45) is 2.02. The van der Waals surface area contributed by atoms with Gasteiger partial charge in [-0.3, -0.25) is 0 Å². The first-order valence-electron chi connectivity index (χ1n) is 6.81. The molecule has 0 aliphatic carbocycles. The van der Waals surface area contributed by atoms with Crippen molar-refractivity contribution in [1.82, 2.24) is 5.32 Å². The third kappa shape index (κ3) is 3.98. The standard InChI is InChI=1S/C15H24FNO/c1-5-13(6-2)18-15-10-12(16)8-9-14(15)11(4)17-7-3/h8-11,13,17H,5-7H2,1-4H3. The van der Waals surface area contributed by atoms with Crippen LogP contribution in [-0.4, -0.2) is 12.6 Å². The van der Waals surface area contributed by atoms with Gasteiger partial charge >= 0.3 is 0 Å². The minimum absolute atomic E-state index is 0.152. The van der Waals surface area contributed by atoms with Crippen molar-refractivity contribution in [3.63, 3.8) is 0 Å². The molecule has 102 valence electrons. The summed E-state index contributed by atoms with van der Waals surface area (Å²) in [7, 11) is 0. The molecule has 1 unspecified atom stereocenters. The maximum atomic E-state index is 13.4. The van der Waals surface area contributed by atoms with Crippen molar-refractivity contribution in [2.75, 3.05) is 6.54 Å². The fourth-order valence-corrected chi connectivity index (χ4v) is 2.02. The highest BCUT2D eigenvalue weighted by atomic mass is 19.1. The molecule has 2 nitrogen and oxygen atoms in total. The lowest BCUT2D eigenvalue weighted by Gasteiger charge is -2.21. The molecular weight excluding hydrogens is 229 g/mol. The second kappa shape index (κ2) is 7.37. The van der Waals surface area contributed by atoms with Crippen LogP contribution in [0, 0.1) is 5.82 Å². The minimum atomic E-state index is -0.247. The average Bonchev–Trinajstić information content (AvgIpc) is 2.36. The van der Waals surface area contributed by atoms with Crippen molar-refractivity contribution in [1.29, 1.82) is 0 Å². The van der Waals surface area contributed by atoms with Crippen LogP contribution >= 0.6 is 0 Å². The maximum Gasteiger partial charge on any atom is 0.127 e. The molecule has 3 heteroatoms. The zero-order chi connectivity index (χ0) is 13.5. The Balaban J connectivity index is 2.95. The van der Waals surface area contributed by atoms with Gasteiger partial charge in [0.25, 0.3) is 0 Å². The number of benzene rings is 1. The van der Waals surface area contributed by atoms with Gasteiger partial charge < -0.3 is 10.1 Å². The number of halogens is 1. The lowest BCUT2D eigenvalue weighted by molar-refractivity contribution is 0.189. The topological polar surface area (TPSA) is 21.3 Å². The predicted molar refractivity (Wildman–Crippen MR) is 73.5 cm³/mol. The predicted octanol–water partition coefficient (Wildman–Crippen LogP) is 4.06. The van der Waals surface area contributed by atoms with Gasteiger partial charge in [-0.05, 0) is 32.4 Å². The van der Waals surface area contributed by atoms with E-state index in [0.29, 0.717) is 5.75 Å². The van der Waals surface area contributed by atoms with Crippen molar-refractivity contribution in [3.8, 4) is 5.75 Å². The van der Waals surface area contributed by atoms with Crippen molar-refractivity contribution >= 4 is 0 Å². The molecule has 1 aromatic rings. The minimum Gasteiger partial charge on any atom is -0.490 e. The summed E-state index contributed by atoms with van der Waals surface area (Å²) < 4.78 is 19.3. The number of nitrogens with one attached hydrogen (secondary N) is 1.